The molecule has 1 unspecified atom stereocenters. The van der Waals surface area contributed by atoms with E-state index in [1.807, 2.05) is 13.8 Å². The van der Waals surface area contributed by atoms with Gasteiger partial charge in [0.15, 0.2) is 11.5 Å². The molecule has 1 heterocycles. The fourth-order valence-electron chi connectivity index (χ4n) is 4.45. The lowest BCUT2D eigenvalue weighted by Crippen LogP contribution is -2.38. The number of esters is 1. The first-order chi connectivity index (χ1) is 18.1. The first-order valence-corrected chi connectivity index (χ1v) is 12.7. The molecule has 11 heteroatoms. The number of hydrogen-bond acceptors (Lipinski definition) is 8. The van der Waals surface area contributed by atoms with Gasteiger partial charge in [0.25, 0.3) is 11.7 Å². The lowest BCUT2D eigenvalue weighted by molar-refractivity contribution is -0.140. The Morgan fingerprint density at radius 3 is 2.32 bits per heavy atom. The molecule has 1 amide bonds. The molecule has 1 atom stereocenters. The van der Waals surface area contributed by atoms with Gasteiger partial charge in [-0.05, 0) is 36.9 Å². The number of likely N-dealkylation sites (N-methyl/N-ethyl adjacent to an activating group) is 1. The molecule has 1 aliphatic heterocycles. The number of benzene rings is 2. The Kier molecular flexibility index (Phi) is 9.65. The van der Waals surface area contributed by atoms with Crippen LogP contribution < -0.4 is 14.2 Å². The number of amides is 1. The molecule has 2 aromatic rings. The van der Waals surface area contributed by atoms with Crippen LogP contribution in [0.4, 0.5) is 0 Å². The van der Waals surface area contributed by atoms with Crippen molar-refractivity contribution in [1.82, 2.24) is 9.80 Å². The molecule has 9 nitrogen and oxygen atoms in total. The average molecular weight is 565 g/mol. The normalized spacial score (nSPS) is 16.7. The van der Waals surface area contributed by atoms with E-state index in [0.29, 0.717) is 12.1 Å². The highest BCUT2D eigenvalue weighted by Crippen LogP contribution is 2.47. The lowest BCUT2D eigenvalue weighted by atomic mass is 9.94. The highest BCUT2D eigenvalue weighted by molar-refractivity contribution is 6.47. The maximum absolute atomic E-state index is 13.4. The number of methoxy groups -OCH3 is 2. The second-order valence-corrected chi connectivity index (χ2v) is 9.26. The molecule has 1 N–H and O–H groups in total. The van der Waals surface area contributed by atoms with Crippen molar-refractivity contribution < 1.29 is 33.7 Å². The number of carbonyl (C=O) groups is 3. The molecule has 0 aromatic heterocycles. The molecule has 0 spiro atoms. The molecule has 1 saturated heterocycles. The van der Waals surface area contributed by atoms with Gasteiger partial charge in [0.2, 0.25) is 0 Å². The molecule has 0 saturated carbocycles. The maximum atomic E-state index is 13.4. The Morgan fingerprint density at radius 1 is 1.08 bits per heavy atom. The summed E-state index contributed by atoms with van der Waals surface area (Å²) in [7, 11) is 2.72. The van der Waals surface area contributed by atoms with Crippen LogP contribution in [0.3, 0.4) is 0 Å². The highest BCUT2D eigenvalue weighted by Gasteiger charge is 2.46. The van der Waals surface area contributed by atoms with Crippen molar-refractivity contribution in [3.05, 3.63) is 57.1 Å². The van der Waals surface area contributed by atoms with E-state index in [1.165, 1.54) is 32.1 Å². The van der Waals surface area contributed by atoms with Crippen LogP contribution in [0.1, 0.15) is 37.9 Å². The number of carbonyl (C=O) groups excluding carboxylic acids is 3. The van der Waals surface area contributed by atoms with E-state index >= 15 is 0 Å². The highest BCUT2D eigenvalue weighted by atomic mass is 35.5. The number of likely N-dealkylation sites (tertiary alicyclic amines) is 1. The monoisotopic (exact) mass is 564 g/mol. The van der Waals surface area contributed by atoms with Crippen molar-refractivity contribution >= 4 is 46.6 Å². The van der Waals surface area contributed by atoms with Crippen LogP contribution in [0.2, 0.25) is 10.0 Å². The Bertz CT molecular complexity index is 1270. The average Bonchev–Trinajstić information content (AvgIpc) is 3.13. The number of aliphatic hydroxyl groups excluding tert-OH is 1. The summed E-state index contributed by atoms with van der Waals surface area (Å²) in [5, 5.41) is 11.6. The Morgan fingerprint density at radius 2 is 1.74 bits per heavy atom. The van der Waals surface area contributed by atoms with Crippen molar-refractivity contribution in [1.29, 1.82) is 0 Å². The number of halogens is 2. The van der Waals surface area contributed by atoms with Gasteiger partial charge in [-0.25, -0.2) is 0 Å². The van der Waals surface area contributed by atoms with E-state index in [-0.39, 0.29) is 45.0 Å². The Labute approximate surface area is 231 Å². The molecular formula is C27H30Cl2N2O7. The zero-order chi connectivity index (χ0) is 28.1. The van der Waals surface area contributed by atoms with Gasteiger partial charge in [-0.1, -0.05) is 49.2 Å². The molecule has 0 radical (unpaired) electrons. The SMILES string of the molecule is CCN(CC)CCN1C(=O)C(=O)/C(=C(/O)c2cc(Cl)c(OC)c(Cl)c2OC)C1c1cccc(OC(C)=O)c1. The van der Waals surface area contributed by atoms with Crippen molar-refractivity contribution in [2.75, 3.05) is 40.4 Å². The zero-order valence-corrected chi connectivity index (χ0v) is 23.4. The van der Waals surface area contributed by atoms with E-state index in [4.69, 9.17) is 37.4 Å². The van der Waals surface area contributed by atoms with Crippen LogP contribution in [0.15, 0.2) is 35.9 Å². The van der Waals surface area contributed by atoms with Crippen molar-refractivity contribution in [2.24, 2.45) is 0 Å². The first-order valence-electron chi connectivity index (χ1n) is 12.0. The fraction of sp³-hybridized carbons (Fsp3) is 0.370. The van der Waals surface area contributed by atoms with E-state index in [0.717, 1.165) is 13.1 Å². The largest absolute Gasteiger partial charge is 0.507 e. The van der Waals surface area contributed by atoms with Crippen molar-refractivity contribution in [2.45, 2.75) is 26.8 Å². The molecule has 204 valence electrons. The smallest absolute Gasteiger partial charge is 0.308 e. The third-order valence-electron chi connectivity index (χ3n) is 6.32. The number of rotatable bonds is 10. The fourth-order valence-corrected chi connectivity index (χ4v) is 5.14. The third-order valence-corrected chi connectivity index (χ3v) is 6.95. The van der Waals surface area contributed by atoms with Gasteiger partial charge in [-0.15, -0.1) is 0 Å². The lowest BCUT2D eigenvalue weighted by Gasteiger charge is -2.28. The zero-order valence-electron chi connectivity index (χ0n) is 21.8. The van der Waals surface area contributed by atoms with Gasteiger partial charge in [0.05, 0.1) is 36.4 Å². The number of nitrogens with zero attached hydrogens (tertiary/aromatic N) is 2. The predicted molar refractivity (Wildman–Crippen MR) is 144 cm³/mol. The predicted octanol–water partition coefficient (Wildman–Crippen LogP) is 4.70. The number of hydrogen-bond donors (Lipinski definition) is 1. The number of Topliss-reactive ketones (excluding diaryl/α,β-unsaturated/α-hetero) is 1. The van der Waals surface area contributed by atoms with Crippen LogP contribution in [0.5, 0.6) is 17.2 Å². The number of aliphatic hydroxyl groups is 1. The molecular weight excluding hydrogens is 535 g/mol. The quantitative estimate of drug-likeness (QED) is 0.145. The summed E-state index contributed by atoms with van der Waals surface area (Å²) in [6.45, 7) is 7.51. The molecule has 0 bridgehead atoms. The molecule has 38 heavy (non-hydrogen) atoms. The van der Waals surface area contributed by atoms with E-state index in [2.05, 4.69) is 4.90 Å². The van der Waals surface area contributed by atoms with Gasteiger partial charge in [-0.2, -0.15) is 0 Å². The molecule has 1 aliphatic rings. The summed E-state index contributed by atoms with van der Waals surface area (Å²) in [6, 6.07) is 6.84. The van der Waals surface area contributed by atoms with Crippen LogP contribution in [0, 0.1) is 0 Å². The van der Waals surface area contributed by atoms with Crippen molar-refractivity contribution in [3.63, 3.8) is 0 Å². The summed E-state index contributed by atoms with van der Waals surface area (Å²) in [4.78, 5) is 41.8. The molecule has 2 aromatic carbocycles. The molecule has 0 aliphatic carbocycles. The Balaban J connectivity index is 2.25. The van der Waals surface area contributed by atoms with E-state index in [1.54, 1.807) is 24.3 Å². The maximum Gasteiger partial charge on any atom is 0.308 e. The first kappa shape index (κ1) is 29.3. The van der Waals surface area contributed by atoms with Gasteiger partial charge < -0.3 is 29.1 Å². The summed E-state index contributed by atoms with van der Waals surface area (Å²) in [5.41, 5.74) is 0.310. The van der Waals surface area contributed by atoms with E-state index < -0.39 is 29.5 Å². The summed E-state index contributed by atoms with van der Waals surface area (Å²) < 4.78 is 15.9. The molecule has 3 rings (SSSR count). The minimum Gasteiger partial charge on any atom is -0.507 e. The van der Waals surface area contributed by atoms with Gasteiger partial charge in [0.1, 0.15) is 16.5 Å². The molecule has 1 fully saturated rings. The summed E-state index contributed by atoms with van der Waals surface area (Å²) in [6.07, 6.45) is 0. The van der Waals surface area contributed by atoms with Gasteiger partial charge in [0, 0.05) is 20.0 Å². The van der Waals surface area contributed by atoms with Gasteiger partial charge in [-0.3, -0.25) is 14.4 Å². The van der Waals surface area contributed by atoms with Crippen LogP contribution in [0.25, 0.3) is 5.76 Å². The van der Waals surface area contributed by atoms with Crippen LogP contribution in [-0.2, 0) is 14.4 Å². The Hall–Kier alpha value is -3.27. The number of ketones is 1. The second-order valence-electron chi connectivity index (χ2n) is 8.47. The van der Waals surface area contributed by atoms with E-state index in [9.17, 15) is 19.5 Å². The van der Waals surface area contributed by atoms with Crippen molar-refractivity contribution in [3.8, 4) is 17.2 Å². The second kappa shape index (κ2) is 12.5. The van der Waals surface area contributed by atoms with Crippen LogP contribution >= 0.6 is 23.2 Å². The van der Waals surface area contributed by atoms with Crippen LogP contribution in [-0.4, -0.2) is 73.0 Å². The summed E-state index contributed by atoms with van der Waals surface area (Å²) >= 11 is 12.8. The number of ether oxygens (including phenoxy) is 3. The minimum atomic E-state index is -0.981. The standard InChI is InChI=1S/C27H30Cl2N2O7/c1-6-30(7-2)11-12-31-22(16-9-8-10-17(13-16)38-15(3)32)20(24(34)27(31)35)23(33)18-14-19(28)26(37-5)21(29)25(18)36-4/h8-10,13-14,22,33H,6-7,11-12H2,1-5H3/b23-20+. The third kappa shape index (κ3) is 5.75. The minimum absolute atomic E-state index is 0.00628. The summed E-state index contributed by atoms with van der Waals surface area (Å²) in [5.74, 6) is -2.30. The van der Waals surface area contributed by atoms with Gasteiger partial charge >= 0.3 is 5.97 Å². The topological polar surface area (TPSA) is 106 Å².